The highest BCUT2D eigenvalue weighted by Gasteiger charge is 2.10. The summed E-state index contributed by atoms with van der Waals surface area (Å²) < 4.78 is 0. The van der Waals surface area contributed by atoms with Gasteiger partial charge in [0.15, 0.2) is 0 Å². The Morgan fingerprint density at radius 1 is 1.38 bits per heavy atom. The van der Waals surface area contributed by atoms with Crippen LogP contribution in [0.1, 0.15) is 12.8 Å². The standard InChI is InChI=1S/C6H12S2/c1-7-6-2-4-8-5-3-6/h6H,2-5H2,1H3. The molecule has 1 aliphatic rings. The van der Waals surface area contributed by atoms with Gasteiger partial charge in [0, 0.05) is 5.25 Å². The normalized spacial score (nSPS) is 23.6. The van der Waals surface area contributed by atoms with Crippen molar-refractivity contribution >= 4 is 23.5 Å². The molecule has 0 aromatic carbocycles. The van der Waals surface area contributed by atoms with Crippen LogP contribution >= 0.6 is 23.5 Å². The molecule has 0 unspecified atom stereocenters. The topological polar surface area (TPSA) is 0 Å². The van der Waals surface area contributed by atoms with E-state index < -0.39 is 0 Å². The molecule has 0 atom stereocenters. The van der Waals surface area contributed by atoms with Crippen LogP contribution in [0.15, 0.2) is 0 Å². The molecular formula is C6H12S2. The molecule has 1 saturated heterocycles. The van der Waals surface area contributed by atoms with Gasteiger partial charge in [0.25, 0.3) is 0 Å². The van der Waals surface area contributed by atoms with Crippen molar-refractivity contribution in [1.29, 1.82) is 0 Å². The van der Waals surface area contributed by atoms with Crippen molar-refractivity contribution < 1.29 is 0 Å². The molecule has 0 aliphatic carbocycles. The average Bonchev–Trinajstić information content (AvgIpc) is 1.90. The van der Waals surface area contributed by atoms with Gasteiger partial charge < -0.3 is 0 Å². The number of hydrogen-bond donors (Lipinski definition) is 0. The summed E-state index contributed by atoms with van der Waals surface area (Å²) in [6.07, 6.45) is 5.10. The second kappa shape index (κ2) is 3.67. The van der Waals surface area contributed by atoms with Gasteiger partial charge in [-0.3, -0.25) is 0 Å². The summed E-state index contributed by atoms with van der Waals surface area (Å²) in [5.41, 5.74) is 0. The van der Waals surface area contributed by atoms with E-state index in [1.165, 1.54) is 24.3 Å². The van der Waals surface area contributed by atoms with E-state index in [2.05, 4.69) is 18.0 Å². The zero-order chi connectivity index (χ0) is 5.82. The second-order valence-electron chi connectivity index (χ2n) is 2.05. The summed E-state index contributed by atoms with van der Waals surface area (Å²) in [4.78, 5) is 0. The van der Waals surface area contributed by atoms with Crippen LogP contribution in [0.2, 0.25) is 0 Å². The zero-order valence-corrected chi connectivity index (χ0v) is 6.86. The first-order valence-corrected chi connectivity index (χ1v) is 5.48. The molecule has 0 spiro atoms. The van der Waals surface area contributed by atoms with Crippen molar-refractivity contribution in [2.45, 2.75) is 18.1 Å². The van der Waals surface area contributed by atoms with Crippen LogP contribution in [0.3, 0.4) is 0 Å². The van der Waals surface area contributed by atoms with Crippen LogP contribution < -0.4 is 0 Å². The molecule has 0 nitrogen and oxygen atoms in total. The lowest BCUT2D eigenvalue weighted by Crippen LogP contribution is -2.10. The summed E-state index contributed by atoms with van der Waals surface area (Å²) in [6.45, 7) is 0. The molecular weight excluding hydrogens is 136 g/mol. The van der Waals surface area contributed by atoms with Crippen LogP contribution in [0.5, 0.6) is 0 Å². The SMILES string of the molecule is CSC1CCSCC1. The first-order valence-electron chi connectivity index (χ1n) is 3.04. The van der Waals surface area contributed by atoms with Crippen LogP contribution in [0.25, 0.3) is 0 Å². The molecule has 1 heterocycles. The molecule has 48 valence electrons. The largest absolute Gasteiger partial charge is 0.162 e. The molecule has 2 heteroatoms. The third-order valence-electron chi connectivity index (χ3n) is 1.50. The van der Waals surface area contributed by atoms with Crippen LogP contribution in [-0.2, 0) is 0 Å². The minimum absolute atomic E-state index is 0.983. The van der Waals surface area contributed by atoms with E-state index in [-0.39, 0.29) is 0 Å². The lowest BCUT2D eigenvalue weighted by molar-refractivity contribution is 0.787. The maximum absolute atomic E-state index is 2.22. The molecule has 0 radical (unpaired) electrons. The molecule has 8 heavy (non-hydrogen) atoms. The van der Waals surface area contributed by atoms with Gasteiger partial charge in [-0.15, -0.1) is 0 Å². The number of rotatable bonds is 1. The van der Waals surface area contributed by atoms with Gasteiger partial charge >= 0.3 is 0 Å². The smallest absolute Gasteiger partial charge is 0.00599 e. The van der Waals surface area contributed by atoms with Crippen molar-refractivity contribution in [3.63, 3.8) is 0 Å². The van der Waals surface area contributed by atoms with E-state index in [4.69, 9.17) is 0 Å². The molecule has 1 rings (SSSR count). The minimum atomic E-state index is 0.983. The monoisotopic (exact) mass is 148 g/mol. The highest BCUT2D eigenvalue weighted by atomic mass is 32.2. The third kappa shape index (κ3) is 1.90. The molecule has 0 amide bonds. The van der Waals surface area contributed by atoms with E-state index in [0.29, 0.717) is 0 Å². The predicted molar refractivity (Wildman–Crippen MR) is 43.9 cm³/mol. The summed E-state index contributed by atoms with van der Waals surface area (Å²) in [5, 5.41) is 0.983. The predicted octanol–water partition coefficient (Wildman–Crippen LogP) is 2.25. The Morgan fingerprint density at radius 2 is 2.00 bits per heavy atom. The van der Waals surface area contributed by atoms with Crippen molar-refractivity contribution in [3.05, 3.63) is 0 Å². The fourth-order valence-electron chi connectivity index (χ4n) is 0.912. The van der Waals surface area contributed by atoms with Crippen molar-refractivity contribution in [2.24, 2.45) is 0 Å². The van der Waals surface area contributed by atoms with E-state index in [9.17, 15) is 0 Å². The fraction of sp³-hybridized carbons (Fsp3) is 1.00. The lowest BCUT2D eigenvalue weighted by atomic mass is 10.2. The Kier molecular flexibility index (Phi) is 3.13. The van der Waals surface area contributed by atoms with E-state index >= 15 is 0 Å². The third-order valence-corrected chi connectivity index (χ3v) is 3.69. The molecule has 0 bridgehead atoms. The Morgan fingerprint density at radius 3 is 2.38 bits per heavy atom. The minimum Gasteiger partial charge on any atom is -0.162 e. The highest BCUT2D eigenvalue weighted by Crippen LogP contribution is 2.24. The second-order valence-corrected chi connectivity index (χ2v) is 4.41. The van der Waals surface area contributed by atoms with Crippen LogP contribution in [0.4, 0.5) is 0 Å². The Bertz CT molecular complexity index is 57.5. The Hall–Kier alpha value is 0.700. The van der Waals surface area contributed by atoms with Crippen LogP contribution in [-0.4, -0.2) is 23.0 Å². The maximum atomic E-state index is 2.22. The molecule has 0 aromatic rings. The average molecular weight is 148 g/mol. The number of thioether (sulfide) groups is 2. The van der Waals surface area contributed by atoms with Crippen molar-refractivity contribution in [3.8, 4) is 0 Å². The summed E-state index contributed by atoms with van der Waals surface area (Å²) in [5.74, 6) is 2.79. The maximum Gasteiger partial charge on any atom is 0.00599 e. The lowest BCUT2D eigenvalue weighted by Gasteiger charge is -2.18. The summed E-state index contributed by atoms with van der Waals surface area (Å²) in [6, 6.07) is 0. The summed E-state index contributed by atoms with van der Waals surface area (Å²) in [7, 11) is 0. The fourth-order valence-corrected chi connectivity index (χ4v) is 3.02. The first kappa shape index (κ1) is 6.81. The molecule has 0 aromatic heterocycles. The van der Waals surface area contributed by atoms with Gasteiger partial charge in [-0.1, -0.05) is 0 Å². The molecule has 0 saturated carbocycles. The number of hydrogen-bond acceptors (Lipinski definition) is 2. The van der Waals surface area contributed by atoms with Gasteiger partial charge in [-0.05, 0) is 30.6 Å². The van der Waals surface area contributed by atoms with Gasteiger partial charge in [-0.2, -0.15) is 23.5 Å². The van der Waals surface area contributed by atoms with Crippen molar-refractivity contribution in [2.75, 3.05) is 17.8 Å². The van der Waals surface area contributed by atoms with E-state index in [1.54, 1.807) is 0 Å². The van der Waals surface area contributed by atoms with Gasteiger partial charge in [0.2, 0.25) is 0 Å². The van der Waals surface area contributed by atoms with Gasteiger partial charge in [-0.25, -0.2) is 0 Å². The quantitative estimate of drug-likeness (QED) is 0.559. The molecule has 0 N–H and O–H groups in total. The van der Waals surface area contributed by atoms with E-state index in [1.807, 2.05) is 11.8 Å². The van der Waals surface area contributed by atoms with Gasteiger partial charge in [0.05, 0.1) is 0 Å². The van der Waals surface area contributed by atoms with Crippen LogP contribution in [0, 0.1) is 0 Å². The zero-order valence-electron chi connectivity index (χ0n) is 5.22. The molecule has 1 aliphatic heterocycles. The van der Waals surface area contributed by atoms with E-state index in [0.717, 1.165) is 5.25 Å². The van der Waals surface area contributed by atoms with Gasteiger partial charge in [0.1, 0.15) is 0 Å². The Balaban J connectivity index is 2.13. The molecule has 1 fully saturated rings. The van der Waals surface area contributed by atoms with Crippen molar-refractivity contribution in [1.82, 2.24) is 0 Å². The summed E-state index contributed by atoms with van der Waals surface area (Å²) >= 11 is 4.13. The highest BCUT2D eigenvalue weighted by molar-refractivity contribution is 8.00. The first-order chi connectivity index (χ1) is 3.93. The Labute approximate surface area is 59.8 Å².